The number of amides is 1. The quantitative estimate of drug-likeness (QED) is 0.700. The van der Waals surface area contributed by atoms with Crippen LogP contribution in [0.25, 0.3) is 0 Å². The molecule has 1 aliphatic heterocycles. The van der Waals surface area contributed by atoms with Crippen LogP contribution >= 0.6 is 23.4 Å². The van der Waals surface area contributed by atoms with E-state index in [1.54, 1.807) is 11.0 Å². The summed E-state index contributed by atoms with van der Waals surface area (Å²) in [6.45, 7) is 0.298. The fraction of sp³-hybridized carbons (Fsp3) is 0.182. The summed E-state index contributed by atoms with van der Waals surface area (Å²) in [6, 6.07) is 5.51. The molecule has 0 aromatic heterocycles. The van der Waals surface area contributed by atoms with Gasteiger partial charge in [0.15, 0.2) is 0 Å². The normalized spacial score (nSPS) is 14.7. The van der Waals surface area contributed by atoms with Crippen molar-refractivity contribution in [3.8, 4) is 12.3 Å². The number of hydrogen-bond donors (Lipinski definition) is 0. The summed E-state index contributed by atoms with van der Waals surface area (Å²) >= 11 is 7.41. The van der Waals surface area contributed by atoms with Crippen molar-refractivity contribution >= 4 is 35.0 Å². The van der Waals surface area contributed by atoms with E-state index in [2.05, 4.69) is 5.92 Å². The highest BCUT2D eigenvalue weighted by Crippen LogP contribution is 2.36. The van der Waals surface area contributed by atoms with Crippen molar-refractivity contribution in [2.75, 3.05) is 17.2 Å². The predicted octanol–water partition coefficient (Wildman–Crippen LogP) is 2.41. The molecule has 0 aliphatic carbocycles. The Morgan fingerprint density at radius 2 is 2.40 bits per heavy atom. The fourth-order valence-corrected chi connectivity index (χ4v) is 2.52. The summed E-state index contributed by atoms with van der Waals surface area (Å²) in [5.41, 5.74) is 0.821. The van der Waals surface area contributed by atoms with Crippen LogP contribution in [0.2, 0.25) is 5.02 Å². The molecule has 2 rings (SSSR count). The van der Waals surface area contributed by atoms with E-state index in [1.165, 1.54) is 11.8 Å². The number of carbonyl (C=O) groups excluding carboxylic acids is 1. The fourth-order valence-electron chi connectivity index (χ4n) is 1.44. The smallest absolute Gasteiger partial charge is 0.238 e. The van der Waals surface area contributed by atoms with E-state index in [4.69, 9.17) is 18.0 Å². The summed E-state index contributed by atoms with van der Waals surface area (Å²) in [6.07, 6.45) is 5.23. The van der Waals surface area contributed by atoms with Crippen LogP contribution in [0.3, 0.4) is 0 Å². The monoisotopic (exact) mass is 237 g/mol. The summed E-state index contributed by atoms with van der Waals surface area (Å²) in [4.78, 5) is 14.3. The van der Waals surface area contributed by atoms with Gasteiger partial charge in [-0.25, -0.2) is 0 Å². The highest BCUT2D eigenvalue weighted by molar-refractivity contribution is 8.00. The second-order valence-electron chi connectivity index (χ2n) is 3.08. The molecule has 0 spiro atoms. The Bertz CT molecular complexity index is 452. The lowest BCUT2D eigenvalue weighted by molar-refractivity contribution is -0.116. The largest absolute Gasteiger partial charge is 0.299 e. The van der Waals surface area contributed by atoms with Crippen molar-refractivity contribution in [1.29, 1.82) is 0 Å². The van der Waals surface area contributed by atoms with Crippen LogP contribution in [0.15, 0.2) is 23.1 Å². The number of fused-ring (bicyclic) bond motifs is 1. The molecule has 2 nitrogen and oxygen atoms in total. The van der Waals surface area contributed by atoms with E-state index < -0.39 is 0 Å². The van der Waals surface area contributed by atoms with Gasteiger partial charge >= 0.3 is 0 Å². The van der Waals surface area contributed by atoms with Gasteiger partial charge in [0.05, 0.1) is 18.0 Å². The van der Waals surface area contributed by atoms with Gasteiger partial charge in [0.2, 0.25) is 5.91 Å². The third kappa shape index (κ3) is 1.97. The van der Waals surface area contributed by atoms with E-state index in [9.17, 15) is 4.79 Å². The van der Waals surface area contributed by atoms with Gasteiger partial charge in [0, 0.05) is 9.92 Å². The van der Waals surface area contributed by atoms with E-state index in [-0.39, 0.29) is 5.91 Å². The van der Waals surface area contributed by atoms with Crippen LogP contribution in [-0.2, 0) is 4.79 Å². The van der Waals surface area contributed by atoms with Gasteiger partial charge in [-0.05, 0) is 18.2 Å². The maximum absolute atomic E-state index is 11.6. The zero-order valence-electron chi connectivity index (χ0n) is 7.87. The number of hydrogen-bond acceptors (Lipinski definition) is 2. The number of thioether (sulfide) groups is 1. The first-order chi connectivity index (χ1) is 7.22. The van der Waals surface area contributed by atoms with Crippen LogP contribution in [0.5, 0.6) is 0 Å². The predicted molar refractivity (Wildman–Crippen MR) is 63.4 cm³/mol. The Hall–Kier alpha value is -1.11. The maximum Gasteiger partial charge on any atom is 0.238 e. The van der Waals surface area contributed by atoms with Crippen molar-refractivity contribution in [3.05, 3.63) is 23.2 Å². The Balaban J connectivity index is 2.46. The van der Waals surface area contributed by atoms with Gasteiger partial charge in [0.25, 0.3) is 0 Å². The highest BCUT2D eigenvalue weighted by Gasteiger charge is 2.23. The number of halogens is 1. The van der Waals surface area contributed by atoms with Gasteiger partial charge in [-0.3, -0.25) is 9.69 Å². The number of nitrogens with zero attached hydrogens (tertiary/aromatic N) is 1. The first kappa shape index (κ1) is 10.4. The van der Waals surface area contributed by atoms with Gasteiger partial charge < -0.3 is 0 Å². The van der Waals surface area contributed by atoms with Crippen molar-refractivity contribution in [3.63, 3.8) is 0 Å². The molecule has 1 amide bonds. The average molecular weight is 238 g/mol. The molecule has 0 radical (unpaired) electrons. The number of benzene rings is 1. The molecule has 1 aliphatic rings. The Morgan fingerprint density at radius 3 is 3.13 bits per heavy atom. The minimum Gasteiger partial charge on any atom is -0.299 e. The number of terminal acetylenes is 1. The van der Waals surface area contributed by atoms with Crippen molar-refractivity contribution < 1.29 is 4.79 Å². The molecule has 0 saturated carbocycles. The third-order valence-corrected chi connectivity index (χ3v) is 3.40. The molecule has 76 valence electrons. The molecular formula is C11H8ClNOS. The lowest BCUT2D eigenvalue weighted by Crippen LogP contribution is -2.35. The summed E-state index contributed by atoms with van der Waals surface area (Å²) < 4.78 is 0. The zero-order valence-corrected chi connectivity index (χ0v) is 9.44. The molecule has 0 unspecified atom stereocenters. The molecule has 4 heteroatoms. The van der Waals surface area contributed by atoms with E-state index >= 15 is 0 Å². The molecule has 0 fully saturated rings. The molecule has 1 heterocycles. The zero-order chi connectivity index (χ0) is 10.8. The van der Waals surface area contributed by atoms with Gasteiger partial charge in [-0.1, -0.05) is 17.5 Å². The van der Waals surface area contributed by atoms with Crippen LogP contribution < -0.4 is 4.90 Å². The third-order valence-electron chi connectivity index (χ3n) is 2.11. The van der Waals surface area contributed by atoms with Gasteiger partial charge in [-0.15, -0.1) is 18.2 Å². The van der Waals surface area contributed by atoms with Crippen molar-refractivity contribution in [2.45, 2.75) is 4.90 Å². The first-order valence-corrected chi connectivity index (χ1v) is 5.75. The Labute approximate surface area is 97.6 Å². The van der Waals surface area contributed by atoms with E-state index in [0.717, 1.165) is 10.6 Å². The molecule has 1 aromatic carbocycles. The van der Waals surface area contributed by atoms with Gasteiger partial charge in [0.1, 0.15) is 0 Å². The Morgan fingerprint density at radius 1 is 1.60 bits per heavy atom. The molecule has 0 atom stereocenters. The van der Waals surface area contributed by atoms with Crippen LogP contribution in [0.1, 0.15) is 0 Å². The van der Waals surface area contributed by atoms with E-state index in [0.29, 0.717) is 17.3 Å². The minimum atomic E-state index is 0.0349. The van der Waals surface area contributed by atoms with Crippen LogP contribution in [0, 0.1) is 12.3 Å². The lowest BCUT2D eigenvalue weighted by atomic mass is 10.2. The first-order valence-electron chi connectivity index (χ1n) is 4.38. The summed E-state index contributed by atoms with van der Waals surface area (Å²) in [7, 11) is 0. The second-order valence-corrected chi connectivity index (χ2v) is 4.54. The lowest BCUT2D eigenvalue weighted by Gasteiger charge is -2.27. The minimum absolute atomic E-state index is 0.0349. The topological polar surface area (TPSA) is 20.3 Å². The molecule has 0 N–H and O–H groups in total. The second kappa shape index (κ2) is 4.18. The SMILES string of the molecule is C#CCN1C(=O)CSc2ccc(Cl)cc21. The highest BCUT2D eigenvalue weighted by atomic mass is 35.5. The molecule has 0 bridgehead atoms. The van der Waals surface area contributed by atoms with Crippen LogP contribution in [-0.4, -0.2) is 18.2 Å². The summed E-state index contributed by atoms with van der Waals surface area (Å²) in [5.74, 6) is 2.96. The number of carbonyl (C=O) groups is 1. The number of rotatable bonds is 1. The average Bonchev–Trinajstić information content (AvgIpc) is 2.23. The molecule has 1 aromatic rings. The Kier molecular flexibility index (Phi) is 2.90. The standard InChI is InChI=1S/C11H8ClNOS/c1-2-5-13-9-6-8(12)3-4-10(9)15-7-11(13)14/h1,3-4,6H,5,7H2. The van der Waals surface area contributed by atoms with Crippen molar-refractivity contribution in [1.82, 2.24) is 0 Å². The van der Waals surface area contributed by atoms with Crippen LogP contribution in [0.4, 0.5) is 5.69 Å². The summed E-state index contributed by atoms with van der Waals surface area (Å²) in [5, 5.41) is 0.617. The van der Waals surface area contributed by atoms with Gasteiger partial charge in [-0.2, -0.15) is 0 Å². The van der Waals surface area contributed by atoms with E-state index in [1.807, 2.05) is 12.1 Å². The number of anilines is 1. The molecule has 0 saturated heterocycles. The molecule has 15 heavy (non-hydrogen) atoms. The maximum atomic E-state index is 11.6. The molecular weight excluding hydrogens is 230 g/mol. The van der Waals surface area contributed by atoms with Crippen molar-refractivity contribution in [2.24, 2.45) is 0 Å².